The topological polar surface area (TPSA) is 30.5 Å². The van der Waals surface area contributed by atoms with Crippen molar-refractivity contribution in [3.8, 4) is 0 Å². The Hall–Kier alpha value is -0.970. The van der Waals surface area contributed by atoms with Crippen LogP contribution in [0.5, 0.6) is 0 Å². The Morgan fingerprint density at radius 1 is 1.11 bits per heavy atom. The second kappa shape index (κ2) is 5.57. The molecule has 19 heavy (non-hydrogen) atoms. The maximum Gasteiger partial charge on any atom is 0.175 e. The number of ether oxygens (including phenoxy) is 2. The Bertz CT molecular complexity index is 409. The number of hydrogen-bond acceptors (Lipinski definition) is 3. The molecule has 4 heteroatoms. The lowest BCUT2D eigenvalue weighted by Crippen LogP contribution is -2.46. The molecule has 0 radical (unpaired) electrons. The van der Waals surface area contributed by atoms with E-state index in [4.69, 9.17) is 9.47 Å². The lowest BCUT2D eigenvalue weighted by Gasteiger charge is -2.38. The third kappa shape index (κ3) is 2.81. The van der Waals surface area contributed by atoms with Crippen LogP contribution in [0, 0.1) is 11.7 Å². The minimum atomic E-state index is -0.500. The van der Waals surface area contributed by atoms with E-state index in [0.29, 0.717) is 25.6 Å². The van der Waals surface area contributed by atoms with Crippen molar-refractivity contribution in [2.24, 2.45) is 5.92 Å². The van der Waals surface area contributed by atoms with Gasteiger partial charge in [0.05, 0.1) is 13.2 Å². The highest BCUT2D eigenvalue weighted by molar-refractivity contribution is 5.18. The number of nitrogens with one attached hydrogen (secondary N) is 1. The Morgan fingerprint density at radius 2 is 1.74 bits per heavy atom. The first-order valence-electron chi connectivity index (χ1n) is 7.02. The minimum Gasteiger partial charge on any atom is -0.347 e. The molecule has 3 nitrogen and oxygen atoms in total. The fourth-order valence-electron chi connectivity index (χ4n) is 3.10. The SMILES string of the molecule is Fc1ccc(CC2(C3CCNCC3)OCCO2)cc1. The van der Waals surface area contributed by atoms with Crippen LogP contribution in [0.4, 0.5) is 4.39 Å². The van der Waals surface area contributed by atoms with Gasteiger partial charge in [-0.1, -0.05) is 12.1 Å². The highest BCUT2D eigenvalue weighted by Crippen LogP contribution is 2.36. The van der Waals surface area contributed by atoms with Crippen LogP contribution < -0.4 is 5.32 Å². The Morgan fingerprint density at radius 3 is 2.37 bits per heavy atom. The van der Waals surface area contributed by atoms with Gasteiger partial charge in [-0.25, -0.2) is 4.39 Å². The summed E-state index contributed by atoms with van der Waals surface area (Å²) in [6, 6.07) is 6.65. The van der Waals surface area contributed by atoms with Crippen LogP contribution in [0.25, 0.3) is 0 Å². The molecule has 0 bridgehead atoms. The molecule has 104 valence electrons. The lowest BCUT2D eigenvalue weighted by atomic mass is 9.85. The van der Waals surface area contributed by atoms with Gasteiger partial charge in [0.25, 0.3) is 0 Å². The Balaban J connectivity index is 1.77. The van der Waals surface area contributed by atoms with Crippen LogP contribution >= 0.6 is 0 Å². The molecule has 2 aliphatic heterocycles. The lowest BCUT2D eigenvalue weighted by molar-refractivity contribution is -0.199. The van der Waals surface area contributed by atoms with E-state index in [1.165, 1.54) is 12.1 Å². The van der Waals surface area contributed by atoms with Gasteiger partial charge in [-0.05, 0) is 43.6 Å². The summed E-state index contributed by atoms with van der Waals surface area (Å²) in [6.45, 7) is 3.35. The second-order valence-corrected chi connectivity index (χ2v) is 5.34. The smallest absolute Gasteiger partial charge is 0.175 e. The molecule has 2 aliphatic rings. The first kappa shape index (κ1) is 13.0. The monoisotopic (exact) mass is 265 g/mol. The highest BCUT2D eigenvalue weighted by atomic mass is 19.1. The van der Waals surface area contributed by atoms with Crippen LogP contribution in [0.3, 0.4) is 0 Å². The molecule has 0 saturated carbocycles. The van der Waals surface area contributed by atoms with E-state index < -0.39 is 5.79 Å². The molecule has 0 aliphatic carbocycles. The molecular formula is C15H20FNO2. The molecule has 0 spiro atoms. The summed E-state index contributed by atoms with van der Waals surface area (Å²) in [6.07, 6.45) is 2.85. The van der Waals surface area contributed by atoms with Crippen LogP contribution in [-0.2, 0) is 15.9 Å². The van der Waals surface area contributed by atoms with Gasteiger partial charge >= 0.3 is 0 Å². The highest BCUT2D eigenvalue weighted by Gasteiger charge is 2.44. The van der Waals surface area contributed by atoms with E-state index in [2.05, 4.69) is 5.32 Å². The molecule has 1 aromatic rings. The summed E-state index contributed by atoms with van der Waals surface area (Å²) < 4.78 is 24.9. The van der Waals surface area contributed by atoms with Crippen molar-refractivity contribution in [2.75, 3.05) is 26.3 Å². The van der Waals surface area contributed by atoms with Crippen molar-refractivity contribution in [3.05, 3.63) is 35.6 Å². The van der Waals surface area contributed by atoms with Crippen molar-refractivity contribution in [3.63, 3.8) is 0 Å². The molecule has 2 heterocycles. The molecule has 0 amide bonds. The van der Waals surface area contributed by atoms with Gasteiger partial charge in [-0.3, -0.25) is 0 Å². The third-order valence-electron chi connectivity index (χ3n) is 4.10. The molecule has 0 unspecified atom stereocenters. The number of hydrogen-bond donors (Lipinski definition) is 1. The summed E-state index contributed by atoms with van der Waals surface area (Å²) >= 11 is 0. The zero-order chi connectivity index (χ0) is 13.1. The normalized spacial score (nSPS) is 23.6. The number of benzene rings is 1. The summed E-state index contributed by atoms with van der Waals surface area (Å²) in [5.74, 6) is -0.283. The molecule has 2 fully saturated rings. The maximum atomic E-state index is 13.0. The molecule has 0 atom stereocenters. The summed E-state index contributed by atoms with van der Waals surface area (Å²) in [4.78, 5) is 0. The van der Waals surface area contributed by atoms with E-state index in [-0.39, 0.29) is 5.82 Å². The van der Waals surface area contributed by atoms with Gasteiger partial charge < -0.3 is 14.8 Å². The van der Waals surface area contributed by atoms with E-state index in [0.717, 1.165) is 31.5 Å². The molecule has 0 aromatic heterocycles. The summed E-state index contributed by atoms with van der Waals surface area (Å²) in [5.41, 5.74) is 1.07. The zero-order valence-corrected chi connectivity index (χ0v) is 11.0. The largest absolute Gasteiger partial charge is 0.347 e. The van der Waals surface area contributed by atoms with Crippen LogP contribution in [0.15, 0.2) is 24.3 Å². The molecular weight excluding hydrogens is 245 g/mol. The first-order valence-corrected chi connectivity index (χ1v) is 7.02. The fourth-order valence-corrected chi connectivity index (χ4v) is 3.10. The van der Waals surface area contributed by atoms with Crippen molar-refractivity contribution in [1.29, 1.82) is 0 Å². The maximum absolute atomic E-state index is 13.0. The molecule has 1 N–H and O–H groups in total. The molecule has 3 rings (SSSR count). The van der Waals surface area contributed by atoms with Crippen LogP contribution in [0.2, 0.25) is 0 Å². The molecule has 1 aromatic carbocycles. The predicted molar refractivity (Wildman–Crippen MR) is 70.3 cm³/mol. The quantitative estimate of drug-likeness (QED) is 0.908. The zero-order valence-electron chi connectivity index (χ0n) is 11.0. The van der Waals surface area contributed by atoms with Crippen molar-refractivity contribution in [2.45, 2.75) is 25.0 Å². The van der Waals surface area contributed by atoms with Crippen LogP contribution in [-0.4, -0.2) is 32.1 Å². The summed E-state index contributed by atoms with van der Waals surface area (Å²) in [7, 11) is 0. The van der Waals surface area contributed by atoms with Gasteiger partial charge in [0.1, 0.15) is 5.82 Å². The van der Waals surface area contributed by atoms with Crippen LogP contribution in [0.1, 0.15) is 18.4 Å². The molecule has 2 saturated heterocycles. The van der Waals surface area contributed by atoms with E-state index in [9.17, 15) is 4.39 Å². The predicted octanol–water partition coefficient (Wildman–Crippen LogP) is 2.11. The third-order valence-corrected chi connectivity index (χ3v) is 4.10. The van der Waals surface area contributed by atoms with E-state index in [1.54, 1.807) is 0 Å². The van der Waals surface area contributed by atoms with Crippen molar-refractivity contribution in [1.82, 2.24) is 5.32 Å². The van der Waals surface area contributed by atoms with Gasteiger partial charge in [0.2, 0.25) is 0 Å². The Labute approximate surface area is 113 Å². The average molecular weight is 265 g/mol. The van der Waals surface area contributed by atoms with Gasteiger partial charge in [-0.15, -0.1) is 0 Å². The number of halogens is 1. The standard InChI is InChI=1S/C15H20FNO2/c16-14-3-1-12(2-4-14)11-15(18-9-10-19-15)13-5-7-17-8-6-13/h1-4,13,17H,5-11H2. The average Bonchev–Trinajstić information content (AvgIpc) is 2.92. The number of piperidine rings is 1. The van der Waals surface area contributed by atoms with E-state index >= 15 is 0 Å². The van der Waals surface area contributed by atoms with Gasteiger partial charge in [-0.2, -0.15) is 0 Å². The van der Waals surface area contributed by atoms with Gasteiger partial charge in [0, 0.05) is 12.3 Å². The fraction of sp³-hybridized carbons (Fsp3) is 0.600. The minimum absolute atomic E-state index is 0.201. The number of rotatable bonds is 3. The van der Waals surface area contributed by atoms with E-state index in [1.807, 2.05) is 12.1 Å². The Kier molecular flexibility index (Phi) is 3.82. The first-order chi connectivity index (χ1) is 9.28. The summed E-state index contributed by atoms with van der Waals surface area (Å²) in [5, 5.41) is 3.37. The second-order valence-electron chi connectivity index (χ2n) is 5.34. The van der Waals surface area contributed by atoms with Crippen molar-refractivity contribution < 1.29 is 13.9 Å². The van der Waals surface area contributed by atoms with Crippen molar-refractivity contribution >= 4 is 0 Å². The van der Waals surface area contributed by atoms with Gasteiger partial charge in [0.15, 0.2) is 5.79 Å².